The van der Waals surface area contributed by atoms with Gasteiger partial charge in [0.15, 0.2) is 6.04 Å². The molecule has 0 spiro atoms. The summed E-state index contributed by atoms with van der Waals surface area (Å²) in [5, 5.41) is 11.6. The number of para-hydroxylation sites is 1. The molecule has 5 rings (SSSR count). The number of carbonyl (C=O) groups is 3. The first-order valence-electron chi connectivity index (χ1n) is 14.0. The van der Waals surface area contributed by atoms with Crippen molar-refractivity contribution in [1.82, 2.24) is 25.3 Å². The number of benzene rings is 3. The average molecular weight is 666 g/mol. The van der Waals surface area contributed by atoms with E-state index in [-0.39, 0.29) is 35.4 Å². The number of halogens is 1. The minimum absolute atomic E-state index is 0.0721. The lowest BCUT2D eigenvalue weighted by atomic mass is 10.0. The molecule has 14 nitrogen and oxygen atoms in total. The summed E-state index contributed by atoms with van der Waals surface area (Å²) in [7, 11) is -2.35. The average Bonchev–Trinajstić information content (AvgIpc) is 3.70. The Kier molecular flexibility index (Phi) is 9.80. The van der Waals surface area contributed by atoms with Crippen LogP contribution in [0.3, 0.4) is 0 Å². The summed E-state index contributed by atoms with van der Waals surface area (Å²) in [5.74, 6) is -3.23. The summed E-state index contributed by atoms with van der Waals surface area (Å²) in [6.45, 7) is 0. The lowest BCUT2D eigenvalue weighted by Crippen LogP contribution is -2.43. The topological polar surface area (TPSA) is 195 Å². The van der Waals surface area contributed by atoms with E-state index in [9.17, 15) is 18.9 Å². The molecule has 244 valence electrons. The molecule has 5 aromatic rings. The molecule has 0 saturated heterocycles. The number of methoxy groups -OCH3 is 2. The van der Waals surface area contributed by atoms with Gasteiger partial charge in [-0.2, -0.15) is 0 Å². The number of ether oxygens (including phenoxy) is 2. The Balaban J connectivity index is 1.31. The number of phosphoric acid groups is 1. The predicted molar refractivity (Wildman–Crippen MR) is 165 cm³/mol. The maximum absolute atomic E-state index is 15.3. The van der Waals surface area contributed by atoms with Crippen molar-refractivity contribution in [2.45, 2.75) is 24.9 Å². The smallest absolute Gasteiger partial charge is 0.467 e. The first-order chi connectivity index (χ1) is 22.5. The molecular weight excluding hydrogens is 636 g/mol. The second-order valence-corrected chi connectivity index (χ2v) is 11.5. The number of aromatic nitrogens is 4. The molecule has 3 aromatic carbocycles. The van der Waals surface area contributed by atoms with E-state index in [1.807, 2.05) is 30.5 Å². The summed E-state index contributed by atoms with van der Waals surface area (Å²) in [6.07, 6.45) is 3.47. The summed E-state index contributed by atoms with van der Waals surface area (Å²) in [5.41, 5.74) is 2.43. The van der Waals surface area contributed by atoms with Crippen molar-refractivity contribution in [1.29, 1.82) is 0 Å². The van der Waals surface area contributed by atoms with Gasteiger partial charge in [-0.05, 0) is 41.5 Å². The van der Waals surface area contributed by atoms with Gasteiger partial charge < -0.3 is 24.3 Å². The highest BCUT2D eigenvalue weighted by Gasteiger charge is 2.27. The van der Waals surface area contributed by atoms with Gasteiger partial charge in [0.25, 0.3) is 5.91 Å². The highest BCUT2D eigenvalue weighted by molar-refractivity contribution is 7.46. The third kappa shape index (κ3) is 7.90. The zero-order valence-corrected chi connectivity index (χ0v) is 25.9. The fourth-order valence-electron chi connectivity index (χ4n) is 4.98. The van der Waals surface area contributed by atoms with Crippen LogP contribution in [-0.2, 0) is 36.5 Å². The molecule has 2 aromatic heterocycles. The standard InChI is InChI=1S/C31H29FN5O9P/c1-44-30(39)26(13-18-7-10-21(11-8-18)46-47(41,42)43)34-29(38)23-12-9-19(14-24(23)32)27-17-37(36-35-27)28(31(40)45-2)15-20-16-33-25-6-4-3-5-22(20)25/h3-12,14,16-17,26,28,33H,13,15H2,1-2H3,(H,34,38)(H2,41,42,43)/t26-,28+/m0/s1. The van der Waals surface area contributed by atoms with Crippen LogP contribution in [0, 0.1) is 5.82 Å². The van der Waals surface area contributed by atoms with Gasteiger partial charge in [0.2, 0.25) is 0 Å². The molecule has 2 heterocycles. The summed E-state index contributed by atoms with van der Waals surface area (Å²) < 4.78 is 42.0. The second kappa shape index (κ2) is 14.0. The number of aromatic amines is 1. The zero-order chi connectivity index (χ0) is 33.7. The van der Waals surface area contributed by atoms with Crippen LogP contribution in [0.25, 0.3) is 22.2 Å². The number of hydrogen-bond donors (Lipinski definition) is 4. The largest absolute Gasteiger partial charge is 0.524 e. The number of esters is 2. The van der Waals surface area contributed by atoms with Gasteiger partial charge in [-0.3, -0.25) is 14.6 Å². The van der Waals surface area contributed by atoms with Crippen molar-refractivity contribution in [3.63, 3.8) is 0 Å². The van der Waals surface area contributed by atoms with E-state index < -0.39 is 43.6 Å². The number of phosphoric ester groups is 1. The van der Waals surface area contributed by atoms with Gasteiger partial charge in [-0.15, -0.1) is 5.10 Å². The highest BCUT2D eigenvalue weighted by atomic mass is 31.2. The van der Waals surface area contributed by atoms with E-state index in [1.165, 1.54) is 54.4 Å². The molecule has 0 aliphatic carbocycles. The van der Waals surface area contributed by atoms with E-state index >= 15 is 4.39 Å². The number of fused-ring (bicyclic) bond motifs is 1. The maximum atomic E-state index is 15.3. The number of hydrogen-bond acceptors (Lipinski definition) is 9. The number of rotatable bonds is 12. The number of nitrogens with one attached hydrogen (secondary N) is 2. The lowest BCUT2D eigenvalue weighted by molar-refractivity contribution is -0.145. The number of carbonyl (C=O) groups excluding carboxylic acids is 3. The van der Waals surface area contributed by atoms with E-state index in [0.717, 1.165) is 29.6 Å². The molecule has 0 aliphatic rings. The molecule has 0 unspecified atom stereocenters. The Hall–Kier alpha value is -5.37. The van der Waals surface area contributed by atoms with Gasteiger partial charge in [0.1, 0.15) is 23.3 Å². The van der Waals surface area contributed by atoms with Crippen molar-refractivity contribution in [3.05, 3.63) is 102 Å². The van der Waals surface area contributed by atoms with Gasteiger partial charge in [0, 0.05) is 35.5 Å². The van der Waals surface area contributed by atoms with Crippen LogP contribution in [0.5, 0.6) is 5.75 Å². The van der Waals surface area contributed by atoms with Gasteiger partial charge in [0.05, 0.1) is 26.0 Å². The van der Waals surface area contributed by atoms with E-state index in [1.54, 1.807) is 0 Å². The Bertz CT molecular complexity index is 1970. The molecule has 16 heteroatoms. The first kappa shape index (κ1) is 33.0. The third-order valence-corrected chi connectivity index (χ3v) is 7.73. The predicted octanol–water partition coefficient (Wildman–Crippen LogP) is 3.51. The van der Waals surface area contributed by atoms with Crippen molar-refractivity contribution >= 4 is 36.6 Å². The quantitative estimate of drug-likeness (QED) is 0.113. The normalized spacial score (nSPS) is 12.7. The highest BCUT2D eigenvalue weighted by Crippen LogP contribution is 2.37. The van der Waals surface area contributed by atoms with Crippen LogP contribution in [0.2, 0.25) is 0 Å². The van der Waals surface area contributed by atoms with Crippen molar-refractivity contribution in [3.8, 4) is 17.0 Å². The molecule has 47 heavy (non-hydrogen) atoms. The van der Waals surface area contributed by atoms with Crippen LogP contribution in [-0.4, -0.2) is 67.9 Å². The van der Waals surface area contributed by atoms with Crippen LogP contribution in [0.1, 0.15) is 27.5 Å². The zero-order valence-electron chi connectivity index (χ0n) is 25.0. The molecule has 1 amide bonds. The van der Waals surface area contributed by atoms with Crippen LogP contribution in [0.4, 0.5) is 4.39 Å². The van der Waals surface area contributed by atoms with Crippen molar-refractivity contribution in [2.24, 2.45) is 0 Å². The Morgan fingerprint density at radius 3 is 2.40 bits per heavy atom. The minimum atomic E-state index is -4.75. The van der Waals surface area contributed by atoms with Crippen LogP contribution in [0.15, 0.2) is 79.1 Å². The fourth-order valence-corrected chi connectivity index (χ4v) is 5.38. The van der Waals surface area contributed by atoms with Crippen LogP contribution >= 0.6 is 7.82 Å². The number of nitrogens with zero attached hydrogens (tertiary/aromatic N) is 3. The van der Waals surface area contributed by atoms with Crippen molar-refractivity contribution < 1.29 is 47.1 Å². The molecule has 4 N–H and O–H groups in total. The summed E-state index contributed by atoms with van der Waals surface area (Å²) in [4.78, 5) is 59.3. The fraction of sp³-hybridized carbons (Fsp3) is 0.194. The minimum Gasteiger partial charge on any atom is -0.467 e. The Morgan fingerprint density at radius 2 is 1.72 bits per heavy atom. The van der Waals surface area contributed by atoms with Gasteiger partial charge >= 0.3 is 19.8 Å². The maximum Gasteiger partial charge on any atom is 0.524 e. The molecule has 0 aliphatic heterocycles. The molecular formula is C31H29FN5O9P. The van der Waals surface area contributed by atoms with Gasteiger partial charge in [-0.1, -0.05) is 41.6 Å². The SMILES string of the molecule is COC(=O)[C@H](Cc1ccc(OP(=O)(O)O)cc1)NC(=O)c1ccc(-c2cn([C@H](Cc3c[nH]c4ccccc34)C(=O)OC)nn2)cc1F. The summed E-state index contributed by atoms with van der Waals surface area (Å²) in [6, 6.07) is 14.8. The first-order valence-corrected chi connectivity index (χ1v) is 15.6. The third-order valence-electron chi connectivity index (χ3n) is 7.28. The monoisotopic (exact) mass is 665 g/mol. The molecule has 2 atom stereocenters. The second-order valence-electron chi connectivity index (χ2n) is 10.4. The lowest BCUT2D eigenvalue weighted by Gasteiger charge is -2.17. The molecule has 0 saturated carbocycles. The molecule has 0 fully saturated rings. The van der Waals surface area contributed by atoms with Gasteiger partial charge in [-0.25, -0.2) is 23.2 Å². The van der Waals surface area contributed by atoms with E-state index in [4.69, 9.17) is 19.3 Å². The summed E-state index contributed by atoms with van der Waals surface area (Å²) >= 11 is 0. The van der Waals surface area contributed by atoms with E-state index in [0.29, 0.717) is 5.56 Å². The number of H-pyrrole nitrogens is 1. The molecule has 0 radical (unpaired) electrons. The number of amides is 1. The van der Waals surface area contributed by atoms with Crippen molar-refractivity contribution in [2.75, 3.05) is 14.2 Å². The molecule has 0 bridgehead atoms. The Morgan fingerprint density at radius 1 is 1.00 bits per heavy atom. The van der Waals surface area contributed by atoms with Crippen LogP contribution < -0.4 is 9.84 Å². The van der Waals surface area contributed by atoms with E-state index in [2.05, 4.69) is 25.1 Å². The Labute approximate surface area is 266 Å².